The van der Waals surface area contributed by atoms with E-state index in [1.54, 1.807) is 0 Å². The molecule has 3 amide bonds. The summed E-state index contributed by atoms with van der Waals surface area (Å²) in [6.07, 6.45) is 6.48. The maximum Gasteiger partial charge on any atom is 0.317 e. The van der Waals surface area contributed by atoms with E-state index in [9.17, 15) is 9.59 Å². The van der Waals surface area contributed by atoms with Gasteiger partial charge in [-0.05, 0) is 52.0 Å². The summed E-state index contributed by atoms with van der Waals surface area (Å²) < 4.78 is 0. The predicted molar refractivity (Wildman–Crippen MR) is 89.1 cm³/mol. The van der Waals surface area contributed by atoms with Crippen LogP contribution in [0.15, 0.2) is 0 Å². The summed E-state index contributed by atoms with van der Waals surface area (Å²) in [5, 5.41) is 6.03. The second-order valence-corrected chi connectivity index (χ2v) is 7.17. The molecule has 0 unspecified atom stereocenters. The summed E-state index contributed by atoms with van der Waals surface area (Å²) in [5.41, 5.74) is 0. The highest BCUT2D eigenvalue weighted by molar-refractivity contribution is 5.79. The van der Waals surface area contributed by atoms with Crippen LogP contribution in [-0.2, 0) is 4.79 Å². The molecular weight excluding hydrogens is 292 g/mol. The van der Waals surface area contributed by atoms with Gasteiger partial charge < -0.3 is 15.5 Å². The second kappa shape index (κ2) is 7.51. The molecule has 0 radical (unpaired) electrons. The minimum Gasteiger partial charge on any atom is -0.353 e. The Bertz CT molecular complexity index is 430. The monoisotopic (exact) mass is 322 g/mol. The molecule has 0 aromatic carbocycles. The fourth-order valence-corrected chi connectivity index (χ4v) is 3.80. The van der Waals surface area contributed by atoms with Crippen molar-refractivity contribution in [2.45, 2.75) is 57.5 Å². The maximum atomic E-state index is 12.3. The number of hydrogen-bond acceptors (Lipinski definition) is 3. The molecule has 3 aliphatic rings. The van der Waals surface area contributed by atoms with Crippen molar-refractivity contribution in [3.05, 3.63) is 0 Å². The third kappa shape index (κ3) is 4.37. The first-order valence-corrected chi connectivity index (χ1v) is 9.24. The highest BCUT2D eigenvalue weighted by Crippen LogP contribution is 2.25. The lowest BCUT2D eigenvalue weighted by Crippen LogP contribution is -2.52. The smallest absolute Gasteiger partial charge is 0.317 e. The van der Waals surface area contributed by atoms with Crippen LogP contribution in [0.3, 0.4) is 0 Å². The first kappa shape index (κ1) is 16.6. The molecule has 3 rings (SSSR count). The summed E-state index contributed by atoms with van der Waals surface area (Å²) in [6.45, 7) is 6.27. The number of nitrogens with one attached hydrogen (secondary N) is 2. The van der Waals surface area contributed by atoms with E-state index in [-0.39, 0.29) is 17.9 Å². The number of hydrogen-bond donors (Lipinski definition) is 2. The molecule has 2 saturated heterocycles. The molecule has 0 spiro atoms. The number of piperidine rings is 2. The SMILES string of the molecule is CCNC(=O)N1CCC(N2CCC[C@H](C(=O)NC3CC3)C2)CC1. The molecule has 0 aromatic rings. The summed E-state index contributed by atoms with van der Waals surface area (Å²) in [5.74, 6) is 0.419. The van der Waals surface area contributed by atoms with Gasteiger partial charge in [0.05, 0.1) is 5.92 Å². The van der Waals surface area contributed by atoms with E-state index >= 15 is 0 Å². The predicted octanol–water partition coefficient (Wildman–Crippen LogP) is 1.17. The van der Waals surface area contributed by atoms with Gasteiger partial charge in [0.25, 0.3) is 0 Å². The fourth-order valence-electron chi connectivity index (χ4n) is 3.80. The van der Waals surface area contributed by atoms with E-state index in [1.807, 2.05) is 11.8 Å². The molecule has 23 heavy (non-hydrogen) atoms. The molecule has 130 valence electrons. The van der Waals surface area contributed by atoms with E-state index < -0.39 is 0 Å². The van der Waals surface area contributed by atoms with Gasteiger partial charge in [0.2, 0.25) is 5.91 Å². The highest BCUT2D eigenvalue weighted by atomic mass is 16.2. The minimum absolute atomic E-state index is 0.0614. The van der Waals surface area contributed by atoms with Crippen LogP contribution >= 0.6 is 0 Å². The zero-order valence-corrected chi connectivity index (χ0v) is 14.2. The molecule has 2 heterocycles. The Labute approximate surface area is 139 Å². The van der Waals surface area contributed by atoms with Gasteiger partial charge in [-0.25, -0.2) is 4.79 Å². The van der Waals surface area contributed by atoms with Crippen molar-refractivity contribution in [3.8, 4) is 0 Å². The van der Waals surface area contributed by atoms with Crippen molar-refractivity contribution >= 4 is 11.9 Å². The van der Waals surface area contributed by atoms with Gasteiger partial charge in [0, 0.05) is 38.3 Å². The Kier molecular flexibility index (Phi) is 5.41. The summed E-state index contributed by atoms with van der Waals surface area (Å²) in [7, 11) is 0. The maximum absolute atomic E-state index is 12.3. The molecule has 2 aliphatic heterocycles. The van der Waals surface area contributed by atoms with E-state index in [4.69, 9.17) is 0 Å². The van der Waals surface area contributed by atoms with Crippen LogP contribution in [0.4, 0.5) is 4.79 Å². The Hall–Kier alpha value is -1.30. The molecule has 3 fully saturated rings. The van der Waals surface area contributed by atoms with Gasteiger partial charge in [-0.3, -0.25) is 9.69 Å². The molecule has 1 aliphatic carbocycles. The number of carbonyl (C=O) groups excluding carboxylic acids is 2. The van der Waals surface area contributed by atoms with Gasteiger partial charge in [0.1, 0.15) is 0 Å². The molecule has 6 nitrogen and oxygen atoms in total. The van der Waals surface area contributed by atoms with Crippen LogP contribution in [0, 0.1) is 5.92 Å². The standard InChI is InChI=1S/C17H30N4O2/c1-2-18-17(23)20-10-7-15(8-11-20)21-9-3-4-13(12-21)16(22)19-14-5-6-14/h13-15H,2-12H2,1H3,(H,18,23)(H,19,22)/t13-/m0/s1. The second-order valence-electron chi connectivity index (χ2n) is 7.17. The first-order chi connectivity index (χ1) is 11.2. The largest absolute Gasteiger partial charge is 0.353 e. The zero-order chi connectivity index (χ0) is 16.2. The van der Waals surface area contributed by atoms with Gasteiger partial charge in [-0.15, -0.1) is 0 Å². The van der Waals surface area contributed by atoms with Gasteiger partial charge in [-0.2, -0.15) is 0 Å². The fraction of sp³-hybridized carbons (Fsp3) is 0.882. The van der Waals surface area contributed by atoms with Crippen LogP contribution in [0.1, 0.15) is 45.4 Å². The normalized spacial score (nSPS) is 26.8. The Morgan fingerprint density at radius 2 is 1.78 bits per heavy atom. The lowest BCUT2D eigenvalue weighted by molar-refractivity contribution is -0.127. The Morgan fingerprint density at radius 1 is 1.04 bits per heavy atom. The number of urea groups is 1. The molecule has 1 atom stereocenters. The Balaban J connectivity index is 1.46. The third-order valence-electron chi connectivity index (χ3n) is 5.34. The lowest BCUT2D eigenvalue weighted by atomic mass is 9.93. The lowest BCUT2D eigenvalue weighted by Gasteiger charge is -2.42. The average molecular weight is 322 g/mol. The first-order valence-electron chi connectivity index (χ1n) is 9.24. The van der Waals surface area contributed by atoms with Gasteiger partial charge >= 0.3 is 6.03 Å². The highest BCUT2D eigenvalue weighted by Gasteiger charge is 2.34. The number of likely N-dealkylation sites (tertiary alicyclic amines) is 2. The van der Waals surface area contributed by atoms with Crippen molar-refractivity contribution in [1.82, 2.24) is 20.4 Å². The summed E-state index contributed by atoms with van der Waals surface area (Å²) in [6, 6.07) is 1.04. The summed E-state index contributed by atoms with van der Waals surface area (Å²) >= 11 is 0. The number of nitrogens with zero attached hydrogens (tertiary/aromatic N) is 2. The molecular formula is C17H30N4O2. The van der Waals surface area contributed by atoms with Crippen molar-refractivity contribution in [1.29, 1.82) is 0 Å². The van der Waals surface area contributed by atoms with E-state index in [2.05, 4.69) is 15.5 Å². The van der Waals surface area contributed by atoms with Crippen LogP contribution in [-0.4, -0.2) is 66.5 Å². The molecule has 0 aromatic heterocycles. The van der Waals surface area contributed by atoms with Crippen molar-refractivity contribution in [2.24, 2.45) is 5.92 Å². The van der Waals surface area contributed by atoms with Crippen molar-refractivity contribution < 1.29 is 9.59 Å². The van der Waals surface area contributed by atoms with E-state index in [0.717, 1.165) is 64.7 Å². The van der Waals surface area contributed by atoms with Gasteiger partial charge in [0.15, 0.2) is 0 Å². The van der Waals surface area contributed by atoms with Gasteiger partial charge in [-0.1, -0.05) is 0 Å². The van der Waals surface area contributed by atoms with Crippen molar-refractivity contribution in [3.63, 3.8) is 0 Å². The molecule has 0 bridgehead atoms. The topological polar surface area (TPSA) is 64.7 Å². The Morgan fingerprint density at radius 3 is 2.43 bits per heavy atom. The van der Waals surface area contributed by atoms with E-state index in [0.29, 0.717) is 18.6 Å². The quantitative estimate of drug-likeness (QED) is 0.817. The third-order valence-corrected chi connectivity index (χ3v) is 5.34. The molecule has 6 heteroatoms. The number of rotatable bonds is 4. The van der Waals surface area contributed by atoms with Crippen LogP contribution in [0.2, 0.25) is 0 Å². The van der Waals surface area contributed by atoms with E-state index in [1.165, 1.54) is 0 Å². The summed E-state index contributed by atoms with van der Waals surface area (Å²) in [4.78, 5) is 28.6. The van der Waals surface area contributed by atoms with Crippen LogP contribution < -0.4 is 10.6 Å². The zero-order valence-electron chi connectivity index (χ0n) is 14.2. The minimum atomic E-state index is 0.0614. The molecule has 1 saturated carbocycles. The molecule has 2 N–H and O–H groups in total. The average Bonchev–Trinajstić information content (AvgIpc) is 3.39. The van der Waals surface area contributed by atoms with Crippen LogP contribution in [0.25, 0.3) is 0 Å². The van der Waals surface area contributed by atoms with Crippen molar-refractivity contribution in [2.75, 3.05) is 32.7 Å². The number of carbonyl (C=O) groups is 2. The number of amides is 3. The van der Waals surface area contributed by atoms with Crippen LogP contribution in [0.5, 0.6) is 0 Å².